The summed E-state index contributed by atoms with van der Waals surface area (Å²) in [6, 6.07) is 15.0. The fraction of sp³-hybridized carbons (Fsp3) is 0.250. The van der Waals surface area contributed by atoms with Crippen molar-refractivity contribution >= 4 is 26.2 Å². The summed E-state index contributed by atoms with van der Waals surface area (Å²) in [5.74, 6) is -0.605. The quantitative estimate of drug-likeness (QED) is 0.0947. The molecule has 2 aromatic carbocycles. The van der Waals surface area contributed by atoms with Gasteiger partial charge in [-0.1, -0.05) is 60.7 Å². The van der Waals surface area contributed by atoms with Crippen LogP contribution in [0.2, 0.25) is 0 Å². The van der Waals surface area contributed by atoms with E-state index in [2.05, 4.69) is 0 Å². The lowest BCUT2D eigenvalue weighted by Crippen LogP contribution is -2.37. The van der Waals surface area contributed by atoms with Gasteiger partial charge in [-0.05, 0) is 24.1 Å². The van der Waals surface area contributed by atoms with Crippen molar-refractivity contribution in [2.45, 2.75) is 23.5 Å². The molecular formula is C20H18F6O8S2. The number of benzene rings is 2. The molecule has 0 saturated heterocycles. The van der Waals surface area contributed by atoms with Gasteiger partial charge >= 0.3 is 27.1 Å². The van der Waals surface area contributed by atoms with E-state index in [1.807, 2.05) is 0 Å². The summed E-state index contributed by atoms with van der Waals surface area (Å²) in [5.41, 5.74) is -13.3. The largest absolute Gasteiger partial charge is 0.741 e. The number of rotatable bonds is 7. The molecule has 0 bridgehead atoms. The molecule has 0 atom stereocenters. The number of halogens is 6. The minimum absolute atomic E-state index is 0.0988. The monoisotopic (exact) mass is 564 g/mol. The van der Waals surface area contributed by atoms with Gasteiger partial charge in [0.15, 0.2) is 22.3 Å². The van der Waals surface area contributed by atoms with Gasteiger partial charge in [-0.25, -0.2) is 12.6 Å². The van der Waals surface area contributed by atoms with E-state index in [9.17, 15) is 39.6 Å². The Balaban J connectivity index is 0.000000697. The Hall–Kier alpha value is -2.95. The molecule has 0 saturated carbocycles. The third-order valence-corrected chi connectivity index (χ3v) is 5.58. The highest BCUT2D eigenvalue weighted by Gasteiger charge is 2.52. The fourth-order valence-electron chi connectivity index (χ4n) is 2.46. The van der Waals surface area contributed by atoms with Crippen molar-refractivity contribution in [1.82, 2.24) is 0 Å². The van der Waals surface area contributed by atoms with Crippen LogP contribution >= 0.6 is 0 Å². The molecule has 0 amide bonds. The second kappa shape index (κ2) is 11.9. The van der Waals surface area contributed by atoms with Gasteiger partial charge in [0.25, 0.3) is 0 Å². The van der Waals surface area contributed by atoms with E-state index in [1.165, 1.54) is 48.5 Å². The summed E-state index contributed by atoms with van der Waals surface area (Å²) in [4.78, 5) is 9.74. The highest BCUT2D eigenvalue weighted by Crippen LogP contribution is 2.40. The number of hydrogen-bond donors (Lipinski definition) is 0. The van der Waals surface area contributed by atoms with Crippen LogP contribution in [0, 0.1) is 0 Å². The Kier molecular flexibility index (Phi) is 10.2. The van der Waals surface area contributed by atoms with Crippen molar-refractivity contribution in [3.63, 3.8) is 0 Å². The van der Waals surface area contributed by atoms with Gasteiger partial charge < -0.3 is 14.1 Å². The predicted molar refractivity (Wildman–Crippen MR) is 113 cm³/mol. The van der Waals surface area contributed by atoms with Crippen LogP contribution < -0.4 is 0 Å². The SMILES string of the molecule is CCOC(=[OH+])/C=C/C(OS(=O)(=O)C(F)(F)F)(c1ccccc1)c1ccccc1.O=S(=O)([O-])C(F)(F)F. The van der Waals surface area contributed by atoms with Crippen LogP contribution in [-0.4, -0.2) is 49.8 Å². The average Bonchev–Trinajstić information content (AvgIpc) is 2.76. The second-order valence-electron chi connectivity index (χ2n) is 6.46. The molecule has 16 heteroatoms. The Morgan fingerprint density at radius 2 is 1.25 bits per heavy atom. The van der Waals surface area contributed by atoms with E-state index in [0.717, 1.165) is 12.2 Å². The highest BCUT2D eigenvalue weighted by molar-refractivity contribution is 7.87. The molecule has 0 heterocycles. The summed E-state index contributed by atoms with van der Waals surface area (Å²) < 4.78 is 132. The van der Waals surface area contributed by atoms with Gasteiger partial charge in [0.1, 0.15) is 0 Å². The van der Waals surface area contributed by atoms with Gasteiger partial charge in [-0.3, -0.25) is 0 Å². The summed E-state index contributed by atoms with van der Waals surface area (Å²) in [7, 11) is -12.1. The summed E-state index contributed by atoms with van der Waals surface area (Å²) in [5, 5.41) is 0. The number of ether oxygens (including phenoxy) is 1. The molecule has 2 aromatic rings. The third-order valence-electron chi connectivity index (χ3n) is 3.97. The molecule has 0 aliphatic heterocycles. The minimum atomic E-state index is -6.09. The fourth-order valence-corrected chi connectivity index (χ4v) is 3.15. The molecule has 0 unspecified atom stereocenters. The van der Waals surface area contributed by atoms with Crippen LogP contribution in [0.1, 0.15) is 18.1 Å². The van der Waals surface area contributed by atoms with Crippen molar-refractivity contribution in [3.8, 4) is 0 Å². The molecular weight excluding hydrogens is 546 g/mol. The summed E-state index contributed by atoms with van der Waals surface area (Å²) >= 11 is 0. The molecule has 0 fully saturated rings. The molecule has 0 aromatic heterocycles. The average molecular weight is 564 g/mol. The van der Waals surface area contributed by atoms with Crippen LogP contribution in [0.15, 0.2) is 72.8 Å². The van der Waals surface area contributed by atoms with Crippen LogP contribution in [-0.2, 0) is 34.8 Å². The molecule has 0 aliphatic carbocycles. The maximum atomic E-state index is 13.1. The summed E-state index contributed by atoms with van der Waals surface area (Å²) in [6.07, 6.45) is 1.96. The minimum Gasteiger partial charge on any atom is -0.741 e. The van der Waals surface area contributed by atoms with Crippen molar-refractivity contribution in [3.05, 3.63) is 83.9 Å². The lowest BCUT2D eigenvalue weighted by atomic mass is 9.86. The van der Waals surface area contributed by atoms with Crippen LogP contribution in [0.4, 0.5) is 26.3 Å². The molecule has 200 valence electrons. The maximum Gasteiger partial charge on any atom is 0.523 e. The van der Waals surface area contributed by atoms with Gasteiger partial charge in [-0.15, -0.1) is 0 Å². The molecule has 8 nitrogen and oxygen atoms in total. The molecule has 0 aliphatic rings. The zero-order valence-electron chi connectivity index (χ0n) is 18.0. The van der Waals surface area contributed by atoms with Crippen molar-refractivity contribution in [2.24, 2.45) is 0 Å². The van der Waals surface area contributed by atoms with Gasteiger partial charge in [0.05, 0.1) is 6.08 Å². The molecule has 36 heavy (non-hydrogen) atoms. The zero-order valence-corrected chi connectivity index (χ0v) is 19.7. The van der Waals surface area contributed by atoms with E-state index in [0.29, 0.717) is 0 Å². The molecule has 2 rings (SSSR count). The predicted octanol–water partition coefficient (Wildman–Crippen LogP) is 3.94. The number of alkyl halides is 6. The Labute approximate surface area is 202 Å². The third kappa shape index (κ3) is 8.32. The van der Waals surface area contributed by atoms with Gasteiger partial charge in [0, 0.05) is 0 Å². The molecule has 1 N–H and O–H groups in total. The Bertz CT molecular complexity index is 1200. The highest BCUT2D eigenvalue weighted by atomic mass is 32.2. The van der Waals surface area contributed by atoms with Crippen LogP contribution in [0.25, 0.3) is 0 Å². The number of hydrogen-bond acceptors (Lipinski definition) is 7. The lowest BCUT2D eigenvalue weighted by Gasteiger charge is -2.31. The van der Waals surface area contributed by atoms with E-state index in [1.54, 1.807) is 19.1 Å². The number of esters is 1. The van der Waals surface area contributed by atoms with Gasteiger partial charge in [0.2, 0.25) is 0 Å². The van der Waals surface area contributed by atoms with Gasteiger partial charge in [-0.2, -0.15) is 34.8 Å². The first kappa shape index (κ1) is 31.1. The summed E-state index contributed by atoms with van der Waals surface area (Å²) in [6.45, 7) is 1.69. The first-order valence-corrected chi connectivity index (χ1v) is 12.2. The van der Waals surface area contributed by atoms with Crippen molar-refractivity contribution < 1.29 is 61.4 Å². The van der Waals surface area contributed by atoms with E-state index < -0.39 is 42.8 Å². The number of carbonyl (C=O) groups excluding carboxylic acids is 1. The first-order valence-electron chi connectivity index (χ1n) is 9.40. The van der Waals surface area contributed by atoms with Crippen molar-refractivity contribution in [1.29, 1.82) is 0 Å². The molecule has 0 radical (unpaired) electrons. The maximum absolute atomic E-state index is 13.1. The van der Waals surface area contributed by atoms with E-state index in [4.69, 9.17) is 21.9 Å². The standard InChI is InChI=1S/C19H17F3O5S.CHF3O3S/c1-2-26-17(23)13-14-18(15-9-5-3-6-10-15,16-11-7-4-8-12-16)27-28(24,25)19(20,21)22;2-1(3,4)8(5,6)7/h3-14H,2H2,1H3;(H,5,6,7)/b14-13+;. The zero-order chi connectivity index (χ0) is 27.8. The topological polar surface area (TPSA) is 131 Å². The van der Waals surface area contributed by atoms with E-state index in [-0.39, 0.29) is 17.7 Å². The van der Waals surface area contributed by atoms with E-state index >= 15 is 0 Å². The normalized spacial score (nSPS) is 13.1. The van der Waals surface area contributed by atoms with Crippen LogP contribution in [0.3, 0.4) is 0 Å². The molecule has 0 spiro atoms. The Morgan fingerprint density at radius 3 is 1.56 bits per heavy atom. The Morgan fingerprint density at radius 1 is 0.861 bits per heavy atom. The van der Waals surface area contributed by atoms with Crippen molar-refractivity contribution in [2.75, 3.05) is 6.61 Å². The van der Waals surface area contributed by atoms with Crippen LogP contribution in [0.5, 0.6) is 0 Å². The lowest BCUT2D eigenvalue weighted by molar-refractivity contribution is -0.0596. The smallest absolute Gasteiger partial charge is 0.523 e. The first-order chi connectivity index (χ1) is 16.4. The second-order valence-corrected chi connectivity index (χ2v) is 9.36.